The van der Waals surface area contributed by atoms with Crippen molar-refractivity contribution in [1.82, 2.24) is 25.4 Å². The number of hydrogen-bond donors (Lipinski definition) is 2. The molecule has 2 aliphatic rings. The fourth-order valence-corrected chi connectivity index (χ4v) is 3.88. The molecule has 164 valence electrons. The van der Waals surface area contributed by atoms with E-state index >= 15 is 0 Å². The van der Waals surface area contributed by atoms with E-state index in [9.17, 15) is 0 Å². The van der Waals surface area contributed by atoms with Gasteiger partial charge in [-0.05, 0) is 46.0 Å². The van der Waals surface area contributed by atoms with Gasteiger partial charge < -0.3 is 25.3 Å². The lowest BCUT2D eigenvalue weighted by molar-refractivity contribution is 0.232. The van der Waals surface area contributed by atoms with Crippen LogP contribution in [0.5, 0.6) is 0 Å². The first-order chi connectivity index (χ1) is 13.8. The van der Waals surface area contributed by atoms with Gasteiger partial charge in [-0.15, -0.1) is 24.0 Å². The Hall–Kier alpha value is -1.13. The quantitative estimate of drug-likeness (QED) is 0.329. The number of piperazine rings is 1. The fourth-order valence-electron chi connectivity index (χ4n) is 3.88. The SMILES string of the molecule is CCNC(=NCc1cccnc1N1CCN(C)CC1)NCCN1CCCCC1.I. The van der Waals surface area contributed by atoms with Gasteiger partial charge in [-0.3, -0.25) is 0 Å². The van der Waals surface area contributed by atoms with Crippen LogP contribution in [0, 0.1) is 0 Å². The summed E-state index contributed by atoms with van der Waals surface area (Å²) in [6.45, 7) is 12.3. The summed E-state index contributed by atoms with van der Waals surface area (Å²) < 4.78 is 0. The lowest BCUT2D eigenvalue weighted by atomic mass is 10.1. The molecule has 0 aromatic carbocycles. The molecule has 0 saturated carbocycles. The number of likely N-dealkylation sites (N-methyl/N-ethyl adjacent to an activating group) is 1. The number of aromatic nitrogens is 1. The van der Waals surface area contributed by atoms with Crippen LogP contribution in [-0.4, -0.2) is 86.7 Å². The van der Waals surface area contributed by atoms with E-state index in [4.69, 9.17) is 4.99 Å². The number of pyridine rings is 1. The van der Waals surface area contributed by atoms with Crippen LogP contribution in [-0.2, 0) is 6.54 Å². The Morgan fingerprint density at radius 1 is 1.07 bits per heavy atom. The molecular formula is C21H38IN7. The Kier molecular flexibility index (Phi) is 11.0. The van der Waals surface area contributed by atoms with Gasteiger partial charge in [-0.2, -0.15) is 0 Å². The number of aliphatic imine (C=N–C) groups is 1. The minimum absolute atomic E-state index is 0. The van der Waals surface area contributed by atoms with Crippen molar-refractivity contribution in [2.24, 2.45) is 4.99 Å². The van der Waals surface area contributed by atoms with Crippen LogP contribution in [0.15, 0.2) is 23.3 Å². The molecule has 2 saturated heterocycles. The van der Waals surface area contributed by atoms with Crippen molar-refractivity contribution in [1.29, 1.82) is 0 Å². The van der Waals surface area contributed by atoms with Gasteiger partial charge in [0.2, 0.25) is 0 Å². The first-order valence-electron chi connectivity index (χ1n) is 10.9. The number of nitrogens with one attached hydrogen (secondary N) is 2. The highest BCUT2D eigenvalue weighted by molar-refractivity contribution is 14.0. The summed E-state index contributed by atoms with van der Waals surface area (Å²) >= 11 is 0. The van der Waals surface area contributed by atoms with Crippen LogP contribution in [0.4, 0.5) is 5.82 Å². The molecule has 7 nitrogen and oxygen atoms in total. The minimum atomic E-state index is 0. The van der Waals surface area contributed by atoms with Crippen molar-refractivity contribution in [3.05, 3.63) is 23.9 Å². The first kappa shape index (κ1) is 24.1. The van der Waals surface area contributed by atoms with Crippen LogP contribution in [0.25, 0.3) is 0 Å². The zero-order chi connectivity index (χ0) is 19.6. The lowest BCUT2D eigenvalue weighted by Crippen LogP contribution is -2.45. The van der Waals surface area contributed by atoms with Gasteiger partial charge in [0.05, 0.1) is 6.54 Å². The summed E-state index contributed by atoms with van der Waals surface area (Å²) in [5.74, 6) is 1.98. The number of guanidine groups is 1. The monoisotopic (exact) mass is 515 g/mol. The normalized spacial score (nSPS) is 19.0. The molecule has 3 rings (SSSR count). The summed E-state index contributed by atoms with van der Waals surface area (Å²) in [4.78, 5) is 16.8. The highest BCUT2D eigenvalue weighted by Gasteiger charge is 2.17. The maximum Gasteiger partial charge on any atom is 0.191 e. The van der Waals surface area contributed by atoms with Gasteiger partial charge in [-0.1, -0.05) is 12.5 Å². The molecule has 0 radical (unpaired) electrons. The molecule has 3 heterocycles. The average molecular weight is 515 g/mol. The predicted octanol–water partition coefficient (Wildman–Crippen LogP) is 1.99. The van der Waals surface area contributed by atoms with Crippen molar-refractivity contribution in [2.75, 3.05) is 70.9 Å². The van der Waals surface area contributed by atoms with Crippen molar-refractivity contribution < 1.29 is 0 Å². The molecule has 2 aliphatic heterocycles. The standard InChI is InChI=1S/C21H37N7.HI/c1-3-22-21(24-10-13-27-11-5-4-6-12-27)25-18-19-8-7-9-23-20(19)28-16-14-26(2)15-17-28;/h7-9H,3-6,10-18H2,1-2H3,(H2,22,24,25);1H. The van der Waals surface area contributed by atoms with Crippen molar-refractivity contribution in [2.45, 2.75) is 32.7 Å². The number of rotatable bonds is 7. The topological polar surface area (TPSA) is 59.0 Å². The van der Waals surface area contributed by atoms with Crippen LogP contribution in [0.1, 0.15) is 31.7 Å². The smallest absolute Gasteiger partial charge is 0.191 e. The third-order valence-corrected chi connectivity index (χ3v) is 5.59. The number of likely N-dealkylation sites (tertiary alicyclic amines) is 1. The zero-order valence-electron chi connectivity index (χ0n) is 18.1. The van der Waals surface area contributed by atoms with Crippen molar-refractivity contribution in [3.63, 3.8) is 0 Å². The van der Waals surface area contributed by atoms with Gasteiger partial charge in [-0.25, -0.2) is 9.98 Å². The van der Waals surface area contributed by atoms with E-state index in [0.29, 0.717) is 6.54 Å². The zero-order valence-corrected chi connectivity index (χ0v) is 20.4. The molecule has 1 aromatic rings. The van der Waals surface area contributed by atoms with Gasteiger partial charge in [0.15, 0.2) is 5.96 Å². The highest BCUT2D eigenvalue weighted by atomic mass is 127. The van der Waals surface area contributed by atoms with E-state index in [1.165, 1.54) is 37.9 Å². The number of nitrogens with zero attached hydrogens (tertiary/aromatic N) is 5. The number of hydrogen-bond acceptors (Lipinski definition) is 5. The van der Waals surface area contributed by atoms with Gasteiger partial charge >= 0.3 is 0 Å². The lowest BCUT2D eigenvalue weighted by Gasteiger charge is -2.34. The second-order valence-electron chi connectivity index (χ2n) is 7.80. The van der Waals surface area contributed by atoms with E-state index in [-0.39, 0.29) is 24.0 Å². The van der Waals surface area contributed by atoms with Gasteiger partial charge in [0.25, 0.3) is 0 Å². The highest BCUT2D eigenvalue weighted by Crippen LogP contribution is 2.19. The fraction of sp³-hybridized carbons (Fsp3) is 0.714. The molecule has 8 heteroatoms. The maximum atomic E-state index is 4.84. The largest absolute Gasteiger partial charge is 0.357 e. The molecule has 29 heavy (non-hydrogen) atoms. The van der Waals surface area contributed by atoms with Crippen molar-refractivity contribution >= 4 is 35.8 Å². The summed E-state index contributed by atoms with van der Waals surface area (Å²) in [7, 11) is 2.18. The van der Waals surface area contributed by atoms with Crippen LogP contribution >= 0.6 is 24.0 Å². The van der Waals surface area contributed by atoms with Gasteiger partial charge in [0.1, 0.15) is 5.82 Å². The predicted molar refractivity (Wildman–Crippen MR) is 132 cm³/mol. The third-order valence-electron chi connectivity index (χ3n) is 5.59. The van der Waals surface area contributed by atoms with Crippen LogP contribution in [0.2, 0.25) is 0 Å². The van der Waals surface area contributed by atoms with E-state index in [2.05, 4.69) is 50.4 Å². The number of halogens is 1. The molecule has 0 bridgehead atoms. The van der Waals surface area contributed by atoms with Gasteiger partial charge in [0, 0.05) is 57.6 Å². The minimum Gasteiger partial charge on any atom is -0.357 e. The molecule has 0 atom stereocenters. The Balaban J connectivity index is 0.00000300. The first-order valence-corrected chi connectivity index (χ1v) is 10.9. The van der Waals surface area contributed by atoms with E-state index in [1.54, 1.807) is 0 Å². The summed E-state index contributed by atoms with van der Waals surface area (Å²) in [6.07, 6.45) is 5.95. The van der Waals surface area contributed by atoms with Crippen molar-refractivity contribution in [3.8, 4) is 0 Å². The average Bonchev–Trinajstić information content (AvgIpc) is 2.74. The number of piperidine rings is 1. The van der Waals surface area contributed by atoms with E-state index < -0.39 is 0 Å². The third kappa shape index (κ3) is 7.90. The molecule has 0 unspecified atom stereocenters. The molecule has 2 N–H and O–H groups in total. The van der Waals surface area contributed by atoms with E-state index in [1.807, 2.05) is 12.3 Å². The molecule has 0 spiro atoms. The summed E-state index contributed by atoms with van der Waals surface area (Å²) in [6, 6.07) is 4.17. The number of anilines is 1. The Morgan fingerprint density at radius 3 is 2.55 bits per heavy atom. The summed E-state index contributed by atoms with van der Waals surface area (Å²) in [5, 5.41) is 6.87. The maximum absolute atomic E-state index is 4.84. The molecule has 2 fully saturated rings. The Bertz CT molecular complexity index is 611. The molecule has 0 amide bonds. The van der Waals surface area contributed by atoms with E-state index in [0.717, 1.165) is 57.6 Å². The molecule has 1 aromatic heterocycles. The Labute approximate surface area is 193 Å². The molecular weight excluding hydrogens is 477 g/mol. The second kappa shape index (κ2) is 13.2. The van der Waals surface area contributed by atoms with Crippen LogP contribution < -0.4 is 15.5 Å². The summed E-state index contributed by atoms with van der Waals surface area (Å²) in [5.41, 5.74) is 1.19. The van der Waals surface area contributed by atoms with Crippen LogP contribution in [0.3, 0.4) is 0 Å². The second-order valence-corrected chi connectivity index (χ2v) is 7.80. The molecule has 0 aliphatic carbocycles. The Morgan fingerprint density at radius 2 is 1.83 bits per heavy atom.